The van der Waals surface area contributed by atoms with Crippen molar-refractivity contribution in [2.45, 2.75) is 20.3 Å². The SMILES string of the molecule is BrCC1CC1.C. The van der Waals surface area contributed by atoms with E-state index in [-0.39, 0.29) is 7.43 Å². The van der Waals surface area contributed by atoms with Gasteiger partial charge >= 0.3 is 0 Å². The van der Waals surface area contributed by atoms with Gasteiger partial charge in [0, 0.05) is 5.33 Å². The van der Waals surface area contributed by atoms with Crippen molar-refractivity contribution in [3.63, 3.8) is 0 Å². The first kappa shape index (κ1) is 6.48. The van der Waals surface area contributed by atoms with Crippen molar-refractivity contribution in [1.82, 2.24) is 0 Å². The molecule has 0 unspecified atom stereocenters. The van der Waals surface area contributed by atoms with Gasteiger partial charge in [-0.25, -0.2) is 0 Å². The predicted molar refractivity (Wildman–Crippen MR) is 33.2 cm³/mol. The summed E-state index contributed by atoms with van der Waals surface area (Å²) in [4.78, 5) is 0. The molecule has 0 atom stereocenters. The topological polar surface area (TPSA) is 0 Å². The van der Waals surface area contributed by atoms with Gasteiger partial charge in [-0.05, 0) is 18.8 Å². The molecule has 1 rings (SSSR count). The minimum absolute atomic E-state index is 0. The maximum atomic E-state index is 3.38. The number of halogens is 1. The van der Waals surface area contributed by atoms with Crippen LogP contribution in [-0.2, 0) is 0 Å². The largest absolute Gasteiger partial charge is 0.0925 e. The van der Waals surface area contributed by atoms with E-state index < -0.39 is 0 Å². The molecule has 0 amide bonds. The van der Waals surface area contributed by atoms with Gasteiger partial charge in [-0.15, -0.1) is 0 Å². The first-order chi connectivity index (χ1) is 2.43. The molecule has 38 valence electrons. The summed E-state index contributed by atoms with van der Waals surface area (Å²) in [5.74, 6) is 1.05. The Bertz CT molecular complexity index is 30.9. The molecule has 1 fully saturated rings. The number of hydrogen-bond donors (Lipinski definition) is 0. The van der Waals surface area contributed by atoms with Crippen molar-refractivity contribution in [1.29, 1.82) is 0 Å². The van der Waals surface area contributed by atoms with Gasteiger partial charge in [0.05, 0.1) is 0 Å². The minimum atomic E-state index is 0. The third kappa shape index (κ3) is 1.81. The molecule has 0 N–H and O–H groups in total. The van der Waals surface area contributed by atoms with Gasteiger partial charge in [0.2, 0.25) is 0 Å². The summed E-state index contributed by atoms with van der Waals surface area (Å²) >= 11 is 3.38. The highest BCUT2D eigenvalue weighted by Gasteiger charge is 2.18. The van der Waals surface area contributed by atoms with Crippen molar-refractivity contribution in [3.8, 4) is 0 Å². The van der Waals surface area contributed by atoms with E-state index >= 15 is 0 Å². The molecule has 6 heavy (non-hydrogen) atoms. The van der Waals surface area contributed by atoms with Gasteiger partial charge in [-0.3, -0.25) is 0 Å². The highest BCUT2D eigenvalue weighted by atomic mass is 79.9. The van der Waals surface area contributed by atoms with E-state index in [0.717, 1.165) is 5.92 Å². The predicted octanol–water partition coefficient (Wildman–Crippen LogP) is 2.43. The van der Waals surface area contributed by atoms with E-state index in [1.54, 1.807) is 0 Å². The molecule has 1 heteroatoms. The van der Waals surface area contributed by atoms with E-state index in [0.29, 0.717) is 0 Å². The number of hydrogen-bond acceptors (Lipinski definition) is 0. The lowest BCUT2D eigenvalue weighted by Gasteiger charge is -1.70. The average molecular weight is 151 g/mol. The van der Waals surface area contributed by atoms with Crippen LogP contribution < -0.4 is 0 Å². The summed E-state index contributed by atoms with van der Waals surface area (Å²) in [6.45, 7) is 0. The zero-order valence-electron chi connectivity index (χ0n) is 3.08. The fourth-order valence-electron chi connectivity index (χ4n) is 0.272. The standard InChI is InChI=1S/C4H7Br.CH4/c5-3-4-1-2-4;/h4H,1-3H2;1H4. The summed E-state index contributed by atoms with van der Waals surface area (Å²) < 4.78 is 0. The second-order valence-electron chi connectivity index (χ2n) is 1.60. The number of alkyl halides is 1. The van der Waals surface area contributed by atoms with Gasteiger partial charge < -0.3 is 0 Å². The van der Waals surface area contributed by atoms with E-state index in [9.17, 15) is 0 Å². The molecule has 0 heterocycles. The molecule has 0 spiro atoms. The zero-order chi connectivity index (χ0) is 3.70. The normalized spacial score (nSPS) is 19.5. The highest BCUT2D eigenvalue weighted by Crippen LogP contribution is 2.29. The van der Waals surface area contributed by atoms with Crippen molar-refractivity contribution in [2.75, 3.05) is 5.33 Å². The van der Waals surface area contributed by atoms with Gasteiger partial charge in [-0.1, -0.05) is 23.4 Å². The lowest BCUT2D eigenvalue weighted by Crippen LogP contribution is -1.66. The van der Waals surface area contributed by atoms with Crippen LogP contribution in [0.3, 0.4) is 0 Å². The average Bonchev–Trinajstić information content (AvgIpc) is 2.12. The van der Waals surface area contributed by atoms with Crippen molar-refractivity contribution >= 4 is 15.9 Å². The fourth-order valence-corrected chi connectivity index (χ4v) is 0.920. The van der Waals surface area contributed by atoms with Crippen LogP contribution in [0.25, 0.3) is 0 Å². The van der Waals surface area contributed by atoms with Crippen LogP contribution in [0.2, 0.25) is 0 Å². The van der Waals surface area contributed by atoms with E-state index in [2.05, 4.69) is 15.9 Å². The Morgan fingerprint density at radius 2 is 2.00 bits per heavy atom. The van der Waals surface area contributed by atoms with Crippen LogP contribution in [0.5, 0.6) is 0 Å². The molecule has 0 aliphatic heterocycles. The Balaban J connectivity index is 0.000000250. The Labute approximate surface area is 48.1 Å². The molecule has 1 saturated carbocycles. The van der Waals surface area contributed by atoms with Crippen LogP contribution in [-0.4, -0.2) is 5.33 Å². The molecule has 0 aromatic carbocycles. The van der Waals surface area contributed by atoms with Crippen molar-refractivity contribution in [3.05, 3.63) is 0 Å². The molecule has 0 aromatic heterocycles. The first-order valence-corrected chi connectivity index (χ1v) is 3.11. The lowest BCUT2D eigenvalue weighted by atomic mass is 10.5. The summed E-state index contributed by atoms with van der Waals surface area (Å²) in [5, 5.41) is 1.23. The molecule has 0 aromatic rings. The first-order valence-electron chi connectivity index (χ1n) is 1.99. The molecule has 1 aliphatic rings. The summed E-state index contributed by atoms with van der Waals surface area (Å²) in [7, 11) is 0. The van der Waals surface area contributed by atoms with Gasteiger partial charge in [0.1, 0.15) is 0 Å². The maximum Gasteiger partial charge on any atom is 0.00596 e. The molecule has 0 radical (unpaired) electrons. The fraction of sp³-hybridized carbons (Fsp3) is 1.00. The molecule has 0 bridgehead atoms. The minimum Gasteiger partial charge on any atom is -0.0925 e. The smallest absolute Gasteiger partial charge is 0.00596 e. The third-order valence-corrected chi connectivity index (χ3v) is 1.83. The van der Waals surface area contributed by atoms with Crippen LogP contribution >= 0.6 is 15.9 Å². The number of rotatable bonds is 1. The molecular formula is C5H11Br. The van der Waals surface area contributed by atoms with Crippen LogP contribution in [0.4, 0.5) is 0 Å². The van der Waals surface area contributed by atoms with Gasteiger partial charge in [0.15, 0.2) is 0 Å². The Morgan fingerprint density at radius 1 is 1.50 bits per heavy atom. The highest BCUT2D eigenvalue weighted by molar-refractivity contribution is 9.09. The third-order valence-electron chi connectivity index (χ3n) is 0.915. The summed E-state index contributed by atoms with van der Waals surface area (Å²) in [6.07, 6.45) is 2.93. The Kier molecular flexibility index (Phi) is 2.83. The van der Waals surface area contributed by atoms with E-state index in [4.69, 9.17) is 0 Å². The van der Waals surface area contributed by atoms with Crippen LogP contribution in [0, 0.1) is 5.92 Å². The van der Waals surface area contributed by atoms with Gasteiger partial charge in [-0.2, -0.15) is 0 Å². The zero-order valence-corrected chi connectivity index (χ0v) is 4.66. The second-order valence-corrected chi connectivity index (χ2v) is 2.25. The van der Waals surface area contributed by atoms with E-state index in [1.807, 2.05) is 0 Å². The lowest BCUT2D eigenvalue weighted by molar-refractivity contribution is 1.01. The van der Waals surface area contributed by atoms with Crippen LogP contribution in [0.1, 0.15) is 20.3 Å². The monoisotopic (exact) mass is 150 g/mol. The van der Waals surface area contributed by atoms with Gasteiger partial charge in [0.25, 0.3) is 0 Å². The maximum absolute atomic E-state index is 3.38. The second kappa shape index (κ2) is 2.62. The summed E-state index contributed by atoms with van der Waals surface area (Å²) in [6, 6.07) is 0. The Hall–Kier alpha value is 0.480. The molecular weight excluding hydrogens is 140 g/mol. The molecule has 0 nitrogen and oxygen atoms in total. The van der Waals surface area contributed by atoms with E-state index in [1.165, 1.54) is 18.2 Å². The quantitative estimate of drug-likeness (QED) is 0.505. The van der Waals surface area contributed by atoms with Crippen molar-refractivity contribution in [2.24, 2.45) is 5.92 Å². The molecule has 0 saturated heterocycles. The summed E-state index contributed by atoms with van der Waals surface area (Å²) in [5.41, 5.74) is 0. The van der Waals surface area contributed by atoms with Crippen molar-refractivity contribution < 1.29 is 0 Å². The van der Waals surface area contributed by atoms with Crippen LogP contribution in [0.15, 0.2) is 0 Å². The Morgan fingerprint density at radius 3 is 2.00 bits per heavy atom. The molecule has 1 aliphatic carbocycles.